The van der Waals surface area contributed by atoms with Crippen LogP contribution in [0.3, 0.4) is 0 Å². The van der Waals surface area contributed by atoms with Crippen LogP contribution < -0.4 is 4.74 Å². The van der Waals surface area contributed by atoms with Crippen molar-refractivity contribution in [3.63, 3.8) is 0 Å². The molecule has 0 bridgehead atoms. The molecule has 0 aromatic heterocycles. The lowest BCUT2D eigenvalue weighted by molar-refractivity contribution is -0.136. The Bertz CT molecular complexity index is 388. The molecule has 1 aromatic carbocycles. The Balaban J connectivity index is 2.49. The van der Waals surface area contributed by atoms with Crippen molar-refractivity contribution in [1.82, 2.24) is 0 Å². The molecule has 0 amide bonds. The van der Waals surface area contributed by atoms with E-state index in [4.69, 9.17) is 4.74 Å². The van der Waals surface area contributed by atoms with E-state index in [0.29, 0.717) is 6.29 Å². The van der Waals surface area contributed by atoms with Gasteiger partial charge in [0, 0.05) is 6.42 Å². The molecule has 0 aliphatic rings. The number of carbonyl (C=O) groups excluding carboxylic acids is 1. The van der Waals surface area contributed by atoms with E-state index in [1.807, 2.05) is 0 Å². The van der Waals surface area contributed by atoms with Gasteiger partial charge in [-0.3, -0.25) is 4.79 Å². The molecule has 17 heavy (non-hydrogen) atoms. The van der Waals surface area contributed by atoms with Crippen LogP contribution in [0.1, 0.15) is 23.2 Å². The molecule has 0 radical (unpaired) electrons. The van der Waals surface area contributed by atoms with E-state index >= 15 is 0 Å². The molecular formula is C11H10F4O2. The molecule has 94 valence electrons. The Morgan fingerprint density at radius 3 is 2.59 bits per heavy atom. The first kappa shape index (κ1) is 13.5. The molecular weight excluding hydrogens is 240 g/mol. The Hall–Kier alpha value is -1.59. The van der Waals surface area contributed by atoms with Crippen LogP contribution in [0.15, 0.2) is 18.2 Å². The van der Waals surface area contributed by atoms with Crippen molar-refractivity contribution in [2.45, 2.75) is 19.0 Å². The first-order valence-electron chi connectivity index (χ1n) is 4.86. The smallest absolute Gasteiger partial charge is 0.389 e. The zero-order chi connectivity index (χ0) is 12.9. The van der Waals surface area contributed by atoms with Crippen LogP contribution in [0.2, 0.25) is 0 Å². The van der Waals surface area contributed by atoms with Crippen LogP contribution in [-0.2, 0) is 0 Å². The maximum atomic E-state index is 12.7. The van der Waals surface area contributed by atoms with Gasteiger partial charge in [-0.15, -0.1) is 0 Å². The molecule has 2 nitrogen and oxygen atoms in total. The number of hydrogen-bond donors (Lipinski definition) is 0. The minimum atomic E-state index is -4.22. The minimum Gasteiger partial charge on any atom is -0.493 e. The summed E-state index contributed by atoms with van der Waals surface area (Å²) < 4.78 is 53.2. The third-order valence-corrected chi connectivity index (χ3v) is 1.96. The van der Waals surface area contributed by atoms with Gasteiger partial charge < -0.3 is 4.74 Å². The van der Waals surface area contributed by atoms with Crippen LogP contribution in [-0.4, -0.2) is 19.1 Å². The van der Waals surface area contributed by atoms with E-state index in [2.05, 4.69) is 0 Å². The number of halogens is 4. The Morgan fingerprint density at radius 2 is 2.00 bits per heavy atom. The fraction of sp³-hybridized carbons (Fsp3) is 0.364. The van der Waals surface area contributed by atoms with Gasteiger partial charge in [-0.1, -0.05) is 0 Å². The summed E-state index contributed by atoms with van der Waals surface area (Å²) in [6.07, 6.45) is -4.99. The summed E-state index contributed by atoms with van der Waals surface area (Å²) in [6.45, 7) is -0.175. The van der Waals surface area contributed by atoms with Gasteiger partial charge in [0.05, 0.1) is 12.2 Å². The molecule has 0 N–H and O–H groups in total. The largest absolute Gasteiger partial charge is 0.493 e. The molecule has 0 fully saturated rings. The summed E-state index contributed by atoms with van der Waals surface area (Å²) in [6, 6.07) is 3.25. The van der Waals surface area contributed by atoms with Crippen LogP contribution in [0, 0.1) is 5.82 Å². The number of carbonyl (C=O) groups is 1. The van der Waals surface area contributed by atoms with Crippen molar-refractivity contribution in [1.29, 1.82) is 0 Å². The summed E-state index contributed by atoms with van der Waals surface area (Å²) >= 11 is 0. The molecule has 0 spiro atoms. The quantitative estimate of drug-likeness (QED) is 0.455. The van der Waals surface area contributed by atoms with Gasteiger partial charge in [-0.25, -0.2) is 4.39 Å². The van der Waals surface area contributed by atoms with Gasteiger partial charge in [0.1, 0.15) is 11.6 Å². The molecule has 0 unspecified atom stereocenters. The summed E-state index contributed by atoms with van der Waals surface area (Å²) in [5.41, 5.74) is -0.0167. The maximum absolute atomic E-state index is 12.7. The van der Waals surface area contributed by atoms with E-state index in [1.165, 1.54) is 6.07 Å². The standard InChI is InChI=1S/C11H10F4O2/c12-9-2-3-10(8(6-9)7-16)17-5-1-4-11(13,14)15/h2-3,6-7H,1,4-5H2. The van der Waals surface area contributed by atoms with Gasteiger partial charge in [-0.2, -0.15) is 13.2 Å². The Labute approximate surface area is 95.2 Å². The van der Waals surface area contributed by atoms with E-state index in [1.54, 1.807) is 0 Å². The molecule has 1 rings (SSSR count). The number of aldehydes is 1. The highest BCUT2D eigenvalue weighted by molar-refractivity contribution is 5.79. The highest BCUT2D eigenvalue weighted by Gasteiger charge is 2.26. The second-order valence-electron chi connectivity index (χ2n) is 3.37. The summed E-state index contributed by atoms with van der Waals surface area (Å²) in [7, 11) is 0. The summed E-state index contributed by atoms with van der Waals surface area (Å²) in [5.74, 6) is -0.515. The number of rotatable bonds is 5. The van der Waals surface area contributed by atoms with Crippen molar-refractivity contribution >= 4 is 6.29 Å². The summed E-state index contributed by atoms with van der Waals surface area (Å²) in [4.78, 5) is 10.5. The minimum absolute atomic E-state index is 0.0167. The maximum Gasteiger partial charge on any atom is 0.389 e. The molecule has 0 heterocycles. The summed E-state index contributed by atoms with van der Waals surface area (Å²) in [5, 5.41) is 0. The molecule has 0 saturated heterocycles. The Morgan fingerprint density at radius 1 is 1.29 bits per heavy atom. The lowest BCUT2D eigenvalue weighted by atomic mass is 10.2. The topological polar surface area (TPSA) is 26.3 Å². The van der Waals surface area contributed by atoms with Gasteiger partial charge >= 0.3 is 6.18 Å². The monoisotopic (exact) mass is 250 g/mol. The van der Waals surface area contributed by atoms with E-state index in [9.17, 15) is 22.4 Å². The first-order chi connectivity index (χ1) is 7.92. The van der Waals surface area contributed by atoms with Crippen LogP contribution >= 0.6 is 0 Å². The van der Waals surface area contributed by atoms with Gasteiger partial charge in [0.25, 0.3) is 0 Å². The van der Waals surface area contributed by atoms with Gasteiger partial charge in [0.2, 0.25) is 0 Å². The number of benzene rings is 1. The zero-order valence-electron chi connectivity index (χ0n) is 8.76. The predicted molar refractivity (Wildman–Crippen MR) is 52.6 cm³/mol. The van der Waals surface area contributed by atoms with E-state index < -0.39 is 18.4 Å². The van der Waals surface area contributed by atoms with Crippen LogP contribution in [0.5, 0.6) is 5.75 Å². The number of hydrogen-bond acceptors (Lipinski definition) is 2. The van der Waals surface area contributed by atoms with E-state index in [0.717, 1.165) is 12.1 Å². The Kier molecular flexibility index (Phi) is 4.48. The van der Waals surface area contributed by atoms with Crippen molar-refractivity contribution in [3.05, 3.63) is 29.6 Å². The fourth-order valence-electron chi connectivity index (χ4n) is 1.20. The average molecular weight is 250 g/mol. The molecule has 6 heteroatoms. The molecule has 1 aromatic rings. The fourth-order valence-corrected chi connectivity index (χ4v) is 1.20. The molecule has 0 aliphatic carbocycles. The molecule has 0 atom stereocenters. The lowest BCUT2D eigenvalue weighted by Crippen LogP contribution is -2.10. The SMILES string of the molecule is O=Cc1cc(F)ccc1OCCCC(F)(F)F. The first-order valence-corrected chi connectivity index (χ1v) is 4.86. The highest BCUT2D eigenvalue weighted by Crippen LogP contribution is 2.22. The van der Waals surface area contributed by atoms with Crippen molar-refractivity contribution in [3.8, 4) is 5.75 Å². The van der Waals surface area contributed by atoms with Crippen LogP contribution in [0.4, 0.5) is 17.6 Å². The lowest BCUT2D eigenvalue weighted by Gasteiger charge is -2.09. The van der Waals surface area contributed by atoms with Gasteiger partial charge in [-0.05, 0) is 24.6 Å². The predicted octanol–water partition coefficient (Wildman–Crippen LogP) is 3.36. The number of ether oxygens (including phenoxy) is 1. The number of alkyl halides is 3. The van der Waals surface area contributed by atoms with Crippen molar-refractivity contribution in [2.75, 3.05) is 6.61 Å². The average Bonchev–Trinajstić information content (AvgIpc) is 2.24. The van der Waals surface area contributed by atoms with E-state index in [-0.39, 0.29) is 24.3 Å². The zero-order valence-corrected chi connectivity index (χ0v) is 8.76. The second kappa shape index (κ2) is 5.65. The van der Waals surface area contributed by atoms with Gasteiger partial charge in [0.15, 0.2) is 6.29 Å². The normalized spacial score (nSPS) is 11.3. The van der Waals surface area contributed by atoms with Crippen molar-refractivity contribution < 1.29 is 27.1 Å². The van der Waals surface area contributed by atoms with Crippen molar-refractivity contribution in [2.24, 2.45) is 0 Å². The molecule has 0 saturated carbocycles. The second-order valence-corrected chi connectivity index (χ2v) is 3.37. The van der Waals surface area contributed by atoms with Crippen LogP contribution in [0.25, 0.3) is 0 Å². The highest BCUT2D eigenvalue weighted by atomic mass is 19.4. The third-order valence-electron chi connectivity index (χ3n) is 1.96. The third kappa shape index (κ3) is 4.84. The molecule has 0 aliphatic heterocycles.